The molecule has 0 amide bonds. The second kappa shape index (κ2) is 7.57. The molecule has 1 aromatic carbocycles. The molecule has 0 aliphatic rings. The Morgan fingerprint density at radius 1 is 1.29 bits per heavy atom. The first kappa shape index (κ1) is 14.3. The average molecular weight is 256 g/mol. The van der Waals surface area contributed by atoms with E-state index < -0.39 is 0 Å². The van der Waals surface area contributed by atoms with Crippen LogP contribution in [0.4, 0.5) is 0 Å². The SMILES string of the molecule is CCCCCCOc1ccc(Cl)cc1[C@H](C)N. The van der Waals surface area contributed by atoms with Gasteiger partial charge in [0.05, 0.1) is 6.61 Å². The molecule has 0 radical (unpaired) electrons. The fourth-order valence-corrected chi connectivity index (χ4v) is 1.90. The smallest absolute Gasteiger partial charge is 0.124 e. The fourth-order valence-electron chi connectivity index (χ4n) is 1.72. The Morgan fingerprint density at radius 2 is 2.06 bits per heavy atom. The highest BCUT2D eigenvalue weighted by Crippen LogP contribution is 2.27. The third kappa shape index (κ3) is 4.97. The monoisotopic (exact) mass is 255 g/mol. The summed E-state index contributed by atoms with van der Waals surface area (Å²) in [6.07, 6.45) is 4.82. The predicted octanol–water partition coefficient (Wildman–Crippen LogP) is 4.32. The Hall–Kier alpha value is -0.730. The highest BCUT2D eigenvalue weighted by molar-refractivity contribution is 6.30. The highest BCUT2D eigenvalue weighted by Gasteiger charge is 2.08. The van der Waals surface area contributed by atoms with Crippen molar-refractivity contribution in [1.82, 2.24) is 0 Å². The Balaban J connectivity index is 2.52. The van der Waals surface area contributed by atoms with E-state index in [-0.39, 0.29) is 6.04 Å². The van der Waals surface area contributed by atoms with Gasteiger partial charge in [-0.05, 0) is 31.5 Å². The maximum absolute atomic E-state index is 5.95. The minimum Gasteiger partial charge on any atom is -0.493 e. The van der Waals surface area contributed by atoms with E-state index in [1.807, 2.05) is 25.1 Å². The van der Waals surface area contributed by atoms with Crippen LogP contribution in [0, 0.1) is 0 Å². The van der Waals surface area contributed by atoms with Gasteiger partial charge in [0.15, 0.2) is 0 Å². The Morgan fingerprint density at radius 3 is 2.71 bits per heavy atom. The van der Waals surface area contributed by atoms with Crippen molar-refractivity contribution in [2.45, 2.75) is 45.6 Å². The van der Waals surface area contributed by atoms with Crippen LogP contribution in [0.5, 0.6) is 5.75 Å². The lowest BCUT2D eigenvalue weighted by atomic mass is 10.1. The van der Waals surface area contributed by atoms with Gasteiger partial charge in [0, 0.05) is 16.6 Å². The largest absolute Gasteiger partial charge is 0.493 e. The number of unbranched alkanes of at least 4 members (excludes halogenated alkanes) is 3. The van der Waals surface area contributed by atoms with Gasteiger partial charge in [-0.2, -0.15) is 0 Å². The van der Waals surface area contributed by atoms with Crippen LogP contribution in [0.25, 0.3) is 0 Å². The van der Waals surface area contributed by atoms with Gasteiger partial charge in [-0.15, -0.1) is 0 Å². The standard InChI is InChI=1S/C14H22ClNO/c1-3-4-5-6-9-17-14-8-7-12(15)10-13(14)11(2)16/h7-8,10-11H,3-6,9,16H2,1-2H3/t11-/m0/s1. The second-order valence-corrected chi connectivity index (χ2v) is 4.82. The van der Waals surface area contributed by atoms with E-state index in [9.17, 15) is 0 Å². The van der Waals surface area contributed by atoms with Crippen molar-refractivity contribution in [2.24, 2.45) is 5.73 Å². The minimum atomic E-state index is -0.0562. The van der Waals surface area contributed by atoms with Crippen LogP contribution in [-0.2, 0) is 0 Å². The Kier molecular flexibility index (Phi) is 6.38. The molecule has 0 heterocycles. The van der Waals surface area contributed by atoms with E-state index in [1.54, 1.807) is 0 Å². The summed E-state index contributed by atoms with van der Waals surface area (Å²) < 4.78 is 5.76. The molecule has 0 saturated carbocycles. The summed E-state index contributed by atoms with van der Waals surface area (Å²) in [5.74, 6) is 0.862. The van der Waals surface area contributed by atoms with E-state index in [1.165, 1.54) is 19.3 Å². The second-order valence-electron chi connectivity index (χ2n) is 4.38. The first-order valence-corrected chi connectivity index (χ1v) is 6.70. The van der Waals surface area contributed by atoms with Crippen molar-refractivity contribution in [3.8, 4) is 5.75 Å². The average Bonchev–Trinajstić information content (AvgIpc) is 2.30. The quantitative estimate of drug-likeness (QED) is 0.737. The molecule has 3 heteroatoms. The molecule has 0 saturated heterocycles. The van der Waals surface area contributed by atoms with Crippen molar-refractivity contribution in [1.29, 1.82) is 0 Å². The molecule has 2 N–H and O–H groups in total. The van der Waals surface area contributed by atoms with Crippen molar-refractivity contribution in [3.05, 3.63) is 28.8 Å². The maximum atomic E-state index is 5.95. The van der Waals surface area contributed by atoms with Gasteiger partial charge in [-0.3, -0.25) is 0 Å². The molecule has 0 aromatic heterocycles. The van der Waals surface area contributed by atoms with Crippen LogP contribution in [-0.4, -0.2) is 6.61 Å². The van der Waals surface area contributed by atoms with Crippen LogP contribution in [0.2, 0.25) is 5.02 Å². The van der Waals surface area contributed by atoms with E-state index in [0.29, 0.717) is 5.02 Å². The van der Waals surface area contributed by atoms with Crippen molar-refractivity contribution < 1.29 is 4.74 Å². The van der Waals surface area contributed by atoms with Crippen molar-refractivity contribution in [3.63, 3.8) is 0 Å². The summed E-state index contributed by atoms with van der Waals surface area (Å²) in [5, 5.41) is 0.704. The summed E-state index contributed by atoms with van der Waals surface area (Å²) in [4.78, 5) is 0. The zero-order valence-corrected chi connectivity index (χ0v) is 11.5. The third-order valence-corrected chi connectivity index (χ3v) is 2.95. The number of nitrogens with two attached hydrogens (primary N) is 1. The number of halogens is 1. The molecule has 17 heavy (non-hydrogen) atoms. The van der Waals surface area contributed by atoms with Crippen LogP contribution < -0.4 is 10.5 Å². The van der Waals surface area contributed by atoms with Crippen LogP contribution in [0.3, 0.4) is 0 Å². The summed E-state index contributed by atoms with van der Waals surface area (Å²) in [5.41, 5.74) is 6.88. The number of hydrogen-bond acceptors (Lipinski definition) is 2. The summed E-state index contributed by atoms with van der Waals surface area (Å²) >= 11 is 5.95. The fraction of sp³-hybridized carbons (Fsp3) is 0.571. The molecule has 0 spiro atoms. The number of ether oxygens (including phenoxy) is 1. The molecule has 1 atom stereocenters. The van der Waals surface area contributed by atoms with Gasteiger partial charge in [0.25, 0.3) is 0 Å². The lowest BCUT2D eigenvalue weighted by molar-refractivity contribution is 0.301. The van der Waals surface area contributed by atoms with E-state index in [2.05, 4.69) is 6.92 Å². The first-order chi connectivity index (χ1) is 8.15. The first-order valence-electron chi connectivity index (χ1n) is 6.33. The zero-order valence-electron chi connectivity index (χ0n) is 10.7. The van der Waals surface area contributed by atoms with E-state index in [0.717, 1.165) is 24.3 Å². The van der Waals surface area contributed by atoms with Gasteiger partial charge >= 0.3 is 0 Å². The third-order valence-electron chi connectivity index (χ3n) is 2.72. The summed E-state index contributed by atoms with van der Waals surface area (Å²) in [7, 11) is 0. The lowest BCUT2D eigenvalue weighted by Crippen LogP contribution is -2.08. The zero-order chi connectivity index (χ0) is 12.7. The van der Waals surface area contributed by atoms with Crippen molar-refractivity contribution >= 4 is 11.6 Å². The molecule has 0 aliphatic carbocycles. The van der Waals surface area contributed by atoms with E-state index in [4.69, 9.17) is 22.1 Å². The Bertz CT molecular complexity index is 339. The van der Waals surface area contributed by atoms with Crippen LogP contribution >= 0.6 is 11.6 Å². The number of benzene rings is 1. The van der Waals surface area contributed by atoms with Gasteiger partial charge < -0.3 is 10.5 Å². The molecular weight excluding hydrogens is 234 g/mol. The van der Waals surface area contributed by atoms with Gasteiger partial charge in [0.2, 0.25) is 0 Å². The van der Waals surface area contributed by atoms with Crippen molar-refractivity contribution in [2.75, 3.05) is 6.61 Å². The van der Waals surface area contributed by atoms with Gasteiger partial charge in [-0.25, -0.2) is 0 Å². The topological polar surface area (TPSA) is 35.2 Å². The maximum Gasteiger partial charge on any atom is 0.124 e. The van der Waals surface area contributed by atoms with Crippen LogP contribution in [0.1, 0.15) is 51.1 Å². The molecule has 1 rings (SSSR count). The molecule has 0 aliphatic heterocycles. The molecule has 96 valence electrons. The summed E-state index contributed by atoms with van der Waals surface area (Å²) in [6.45, 7) is 4.89. The lowest BCUT2D eigenvalue weighted by Gasteiger charge is -2.14. The normalized spacial score (nSPS) is 12.5. The molecule has 1 aromatic rings. The van der Waals surface area contributed by atoms with E-state index >= 15 is 0 Å². The van der Waals surface area contributed by atoms with Gasteiger partial charge in [0.1, 0.15) is 5.75 Å². The molecule has 2 nitrogen and oxygen atoms in total. The predicted molar refractivity (Wildman–Crippen MR) is 73.7 cm³/mol. The number of rotatable bonds is 7. The minimum absolute atomic E-state index is 0.0562. The van der Waals surface area contributed by atoms with Crippen LogP contribution in [0.15, 0.2) is 18.2 Å². The molecular formula is C14H22ClNO. The number of hydrogen-bond donors (Lipinski definition) is 1. The van der Waals surface area contributed by atoms with Gasteiger partial charge in [-0.1, -0.05) is 37.8 Å². The molecule has 0 bridgehead atoms. The highest BCUT2D eigenvalue weighted by atomic mass is 35.5. The molecule has 0 fully saturated rings. The molecule has 0 unspecified atom stereocenters. The Labute approximate surface area is 109 Å². The summed E-state index contributed by atoms with van der Waals surface area (Å²) in [6, 6.07) is 5.57.